The van der Waals surface area contributed by atoms with Crippen molar-refractivity contribution in [2.24, 2.45) is 5.92 Å². The van der Waals surface area contributed by atoms with Crippen LogP contribution in [0.25, 0.3) is 0 Å². The van der Waals surface area contributed by atoms with E-state index in [9.17, 15) is 0 Å². The first-order chi connectivity index (χ1) is 8.29. The molecule has 1 fully saturated rings. The van der Waals surface area contributed by atoms with Gasteiger partial charge in [0.15, 0.2) is 0 Å². The van der Waals surface area contributed by atoms with Crippen molar-refractivity contribution in [3.63, 3.8) is 0 Å². The Kier molecular flexibility index (Phi) is 4.56. The van der Waals surface area contributed by atoms with Crippen LogP contribution in [0.15, 0.2) is 10.7 Å². The van der Waals surface area contributed by atoms with Crippen LogP contribution in [0.3, 0.4) is 0 Å². The van der Waals surface area contributed by atoms with Crippen molar-refractivity contribution in [1.29, 1.82) is 0 Å². The zero-order chi connectivity index (χ0) is 12.1. The normalized spacial score (nSPS) is 16.8. The first kappa shape index (κ1) is 12.6. The van der Waals surface area contributed by atoms with Gasteiger partial charge in [-0.1, -0.05) is 0 Å². The van der Waals surface area contributed by atoms with E-state index in [0.717, 1.165) is 30.5 Å². The maximum Gasteiger partial charge on any atom is 0.232 e. The van der Waals surface area contributed by atoms with E-state index in [4.69, 9.17) is 9.47 Å². The highest BCUT2D eigenvalue weighted by Crippen LogP contribution is 2.24. The zero-order valence-electron chi connectivity index (χ0n) is 9.78. The fraction of sp³-hybridized carbons (Fsp3) is 0.636. The third kappa shape index (κ3) is 3.54. The molecule has 0 amide bonds. The van der Waals surface area contributed by atoms with Crippen LogP contribution in [0.2, 0.25) is 0 Å². The molecule has 0 aromatic carbocycles. The lowest BCUT2D eigenvalue weighted by molar-refractivity contribution is 0.0489. The second-order valence-electron chi connectivity index (χ2n) is 3.96. The van der Waals surface area contributed by atoms with Crippen LogP contribution in [0, 0.1) is 5.92 Å². The minimum Gasteiger partial charge on any atom is -0.476 e. The van der Waals surface area contributed by atoms with E-state index in [2.05, 4.69) is 31.2 Å². The van der Waals surface area contributed by atoms with Crippen LogP contribution >= 0.6 is 15.9 Å². The third-order valence-corrected chi connectivity index (χ3v) is 3.28. The Hall–Kier alpha value is -0.880. The minimum atomic E-state index is 0.559. The van der Waals surface area contributed by atoms with E-state index < -0.39 is 0 Å². The molecule has 0 spiro atoms. The van der Waals surface area contributed by atoms with Crippen molar-refractivity contribution < 1.29 is 9.47 Å². The van der Waals surface area contributed by atoms with E-state index in [1.165, 1.54) is 0 Å². The van der Waals surface area contributed by atoms with Gasteiger partial charge in [0, 0.05) is 20.3 Å². The van der Waals surface area contributed by atoms with Crippen molar-refractivity contribution >= 4 is 21.9 Å². The second-order valence-corrected chi connectivity index (χ2v) is 4.82. The molecule has 1 saturated heterocycles. The molecular weight excluding hydrogens is 286 g/mol. The first-order valence-electron chi connectivity index (χ1n) is 5.70. The van der Waals surface area contributed by atoms with E-state index in [0.29, 0.717) is 24.4 Å². The summed E-state index contributed by atoms with van der Waals surface area (Å²) >= 11 is 3.38. The Bertz CT molecular complexity index is 370. The van der Waals surface area contributed by atoms with Crippen LogP contribution in [-0.4, -0.2) is 36.8 Å². The molecule has 2 heterocycles. The van der Waals surface area contributed by atoms with Gasteiger partial charge in [0.2, 0.25) is 11.8 Å². The molecular formula is C11H16BrN3O2. The molecule has 2 rings (SSSR count). The highest BCUT2D eigenvalue weighted by atomic mass is 79.9. The van der Waals surface area contributed by atoms with E-state index in [-0.39, 0.29) is 0 Å². The highest BCUT2D eigenvalue weighted by molar-refractivity contribution is 9.10. The average Bonchev–Trinajstić information content (AvgIpc) is 2.39. The van der Waals surface area contributed by atoms with E-state index in [1.807, 2.05) is 0 Å². The fourth-order valence-corrected chi connectivity index (χ4v) is 1.99. The summed E-state index contributed by atoms with van der Waals surface area (Å²) in [5.74, 6) is 1.72. The van der Waals surface area contributed by atoms with Gasteiger partial charge in [-0.15, -0.1) is 0 Å². The number of hydrogen-bond acceptors (Lipinski definition) is 5. The van der Waals surface area contributed by atoms with Crippen LogP contribution in [0.1, 0.15) is 12.8 Å². The first-order valence-corrected chi connectivity index (χ1v) is 6.49. The molecule has 1 N–H and O–H groups in total. The summed E-state index contributed by atoms with van der Waals surface area (Å²) in [5, 5.41) is 2.89. The number of nitrogens with one attached hydrogen (secondary N) is 1. The van der Waals surface area contributed by atoms with Crippen molar-refractivity contribution in [1.82, 2.24) is 9.97 Å². The molecule has 0 unspecified atom stereocenters. The molecule has 1 aromatic heterocycles. The predicted molar refractivity (Wildman–Crippen MR) is 68.3 cm³/mol. The fourth-order valence-electron chi connectivity index (χ4n) is 1.68. The number of halogens is 1. The van der Waals surface area contributed by atoms with Gasteiger partial charge < -0.3 is 14.8 Å². The molecule has 0 atom stereocenters. The summed E-state index contributed by atoms with van der Waals surface area (Å²) in [6, 6.07) is 0. The van der Waals surface area contributed by atoms with Crippen LogP contribution in [0.5, 0.6) is 5.88 Å². The second kappa shape index (κ2) is 6.16. The highest BCUT2D eigenvalue weighted by Gasteiger charge is 2.15. The Labute approximate surface area is 109 Å². The van der Waals surface area contributed by atoms with Gasteiger partial charge in [0.25, 0.3) is 0 Å². The lowest BCUT2D eigenvalue weighted by atomic mass is 10.0. The van der Waals surface area contributed by atoms with Crippen LogP contribution in [0.4, 0.5) is 5.95 Å². The zero-order valence-corrected chi connectivity index (χ0v) is 11.4. The van der Waals surface area contributed by atoms with Crippen LogP contribution < -0.4 is 10.1 Å². The molecule has 5 nitrogen and oxygen atoms in total. The molecule has 0 saturated carbocycles. The van der Waals surface area contributed by atoms with Gasteiger partial charge in [-0.2, -0.15) is 4.98 Å². The van der Waals surface area contributed by atoms with Gasteiger partial charge in [-0.25, -0.2) is 4.98 Å². The van der Waals surface area contributed by atoms with Crippen molar-refractivity contribution in [2.45, 2.75) is 12.8 Å². The molecule has 0 bridgehead atoms. The maximum absolute atomic E-state index is 5.73. The Morgan fingerprint density at radius 2 is 2.29 bits per heavy atom. The van der Waals surface area contributed by atoms with E-state index in [1.54, 1.807) is 13.2 Å². The average molecular weight is 302 g/mol. The Morgan fingerprint density at radius 1 is 1.53 bits per heavy atom. The summed E-state index contributed by atoms with van der Waals surface area (Å²) in [6.07, 6.45) is 3.81. The predicted octanol–water partition coefficient (Wildman–Crippen LogP) is 2.09. The summed E-state index contributed by atoms with van der Waals surface area (Å²) in [4.78, 5) is 8.34. The van der Waals surface area contributed by atoms with Gasteiger partial charge in [0.05, 0.1) is 17.3 Å². The lowest BCUT2D eigenvalue weighted by Gasteiger charge is -2.22. The molecule has 1 aliphatic heterocycles. The summed E-state index contributed by atoms with van der Waals surface area (Å²) < 4.78 is 11.8. The quantitative estimate of drug-likeness (QED) is 0.923. The molecule has 17 heavy (non-hydrogen) atoms. The summed E-state index contributed by atoms with van der Waals surface area (Å²) in [5.41, 5.74) is 0. The smallest absolute Gasteiger partial charge is 0.232 e. The molecule has 1 aromatic rings. The molecule has 94 valence electrons. The molecule has 6 heteroatoms. The Morgan fingerprint density at radius 3 is 3.00 bits per heavy atom. The van der Waals surface area contributed by atoms with Gasteiger partial charge in [-0.05, 0) is 34.7 Å². The van der Waals surface area contributed by atoms with Gasteiger partial charge in [0.1, 0.15) is 0 Å². The monoisotopic (exact) mass is 301 g/mol. The summed E-state index contributed by atoms with van der Waals surface area (Å²) in [7, 11) is 1.78. The number of anilines is 1. The Balaban J connectivity index is 1.92. The van der Waals surface area contributed by atoms with Crippen molar-refractivity contribution in [2.75, 3.05) is 32.2 Å². The largest absolute Gasteiger partial charge is 0.476 e. The topological polar surface area (TPSA) is 56.3 Å². The molecule has 1 aliphatic rings. The maximum atomic E-state index is 5.73. The van der Waals surface area contributed by atoms with Crippen LogP contribution in [-0.2, 0) is 4.74 Å². The minimum absolute atomic E-state index is 0.559. The standard InChI is InChI=1S/C11H16BrN3O2/c1-13-11-14-6-9(12)10(15-11)17-7-8-2-4-16-5-3-8/h6,8H,2-5,7H2,1H3,(H,13,14,15). The molecule has 0 radical (unpaired) electrons. The SMILES string of the molecule is CNc1ncc(Br)c(OCC2CCOCC2)n1. The molecule has 0 aliphatic carbocycles. The third-order valence-electron chi connectivity index (χ3n) is 2.73. The van der Waals surface area contributed by atoms with Gasteiger partial charge >= 0.3 is 0 Å². The van der Waals surface area contributed by atoms with E-state index >= 15 is 0 Å². The van der Waals surface area contributed by atoms with Crippen molar-refractivity contribution in [3.05, 3.63) is 10.7 Å². The summed E-state index contributed by atoms with van der Waals surface area (Å²) in [6.45, 7) is 2.35. The number of ether oxygens (including phenoxy) is 2. The lowest BCUT2D eigenvalue weighted by Crippen LogP contribution is -2.21. The van der Waals surface area contributed by atoms with Crippen molar-refractivity contribution in [3.8, 4) is 5.88 Å². The number of rotatable bonds is 4. The number of nitrogens with zero attached hydrogens (tertiary/aromatic N) is 2. The van der Waals surface area contributed by atoms with Gasteiger partial charge in [-0.3, -0.25) is 0 Å². The number of hydrogen-bond donors (Lipinski definition) is 1. The number of aromatic nitrogens is 2.